The second-order valence-corrected chi connectivity index (χ2v) is 9.04. The van der Waals surface area contributed by atoms with Crippen LogP contribution in [0.15, 0.2) is 53.2 Å². The molecule has 2 heterocycles. The van der Waals surface area contributed by atoms with E-state index in [2.05, 4.69) is 36.5 Å². The van der Waals surface area contributed by atoms with Crippen molar-refractivity contribution in [2.24, 2.45) is 0 Å². The maximum atomic E-state index is 12.3. The largest absolute Gasteiger partial charge is 0.383 e. The van der Waals surface area contributed by atoms with E-state index < -0.39 is 10.0 Å². The minimum atomic E-state index is -3.58. The van der Waals surface area contributed by atoms with Gasteiger partial charge in [-0.3, -0.25) is 0 Å². The molecule has 2 N–H and O–H groups in total. The van der Waals surface area contributed by atoms with Gasteiger partial charge in [-0.1, -0.05) is 5.57 Å². The number of hydrogen-bond acceptors (Lipinski definition) is 7. The van der Waals surface area contributed by atoms with Crippen molar-refractivity contribution in [3.63, 3.8) is 0 Å². The van der Waals surface area contributed by atoms with E-state index in [1.807, 2.05) is 26.0 Å². The first-order valence-electron chi connectivity index (χ1n) is 10.2. The summed E-state index contributed by atoms with van der Waals surface area (Å²) in [5.74, 6) is 1.29. The minimum absolute atomic E-state index is 0.174. The minimum Gasteiger partial charge on any atom is -0.383 e. The molecule has 3 aromatic rings. The number of imidazole rings is 1. The zero-order valence-corrected chi connectivity index (χ0v) is 19.5. The standard InChI is InChI=1S/C22H28N6O3S/c1-5-28-20(15-24-21(28)14-16(2)3)19-10-11-23-22(27-19)26-17-6-8-18(9-7-17)32(29,30)25-12-13-31-4/h6-11,14-15,25H,5,12-13H2,1-4H3,(H,23,26,27). The van der Waals surface area contributed by atoms with E-state index in [0.717, 1.165) is 23.8 Å². The first-order chi connectivity index (χ1) is 15.3. The monoisotopic (exact) mass is 456 g/mol. The molecule has 1 aromatic carbocycles. The highest BCUT2D eigenvalue weighted by atomic mass is 32.2. The Morgan fingerprint density at radius 3 is 2.56 bits per heavy atom. The fourth-order valence-corrected chi connectivity index (χ4v) is 4.08. The lowest BCUT2D eigenvalue weighted by Gasteiger charge is -2.10. The molecule has 10 heteroatoms. The molecule has 0 atom stereocenters. The van der Waals surface area contributed by atoms with Crippen LogP contribution < -0.4 is 10.0 Å². The highest BCUT2D eigenvalue weighted by molar-refractivity contribution is 7.89. The Kier molecular flexibility index (Phi) is 7.73. The molecule has 2 aromatic heterocycles. The molecule has 3 rings (SSSR count). The zero-order chi connectivity index (χ0) is 23.1. The normalized spacial score (nSPS) is 11.4. The number of rotatable bonds is 10. The van der Waals surface area contributed by atoms with E-state index in [0.29, 0.717) is 18.2 Å². The van der Waals surface area contributed by atoms with E-state index in [9.17, 15) is 8.42 Å². The van der Waals surface area contributed by atoms with Crippen molar-refractivity contribution in [2.75, 3.05) is 25.6 Å². The second-order valence-electron chi connectivity index (χ2n) is 7.27. The molecule has 170 valence electrons. The summed E-state index contributed by atoms with van der Waals surface area (Å²) in [5.41, 5.74) is 3.48. The van der Waals surface area contributed by atoms with Crippen LogP contribution in [0, 0.1) is 0 Å². The molecule has 32 heavy (non-hydrogen) atoms. The lowest BCUT2D eigenvalue weighted by atomic mass is 10.3. The molecule has 0 bridgehead atoms. The molecule has 0 aliphatic rings. The van der Waals surface area contributed by atoms with Gasteiger partial charge in [0.2, 0.25) is 16.0 Å². The Hall–Kier alpha value is -3.08. The number of anilines is 2. The lowest BCUT2D eigenvalue weighted by Crippen LogP contribution is -2.27. The molecule has 0 aliphatic heterocycles. The van der Waals surface area contributed by atoms with Crippen molar-refractivity contribution >= 4 is 27.7 Å². The first kappa shape index (κ1) is 23.6. The van der Waals surface area contributed by atoms with Crippen LogP contribution in [0.2, 0.25) is 0 Å². The SMILES string of the molecule is CCn1c(-c2ccnc(Nc3ccc(S(=O)(=O)NCCOC)cc3)n2)cnc1C=C(C)C. The number of benzene rings is 1. The van der Waals surface area contributed by atoms with Gasteiger partial charge in [0.15, 0.2) is 0 Å². The van der Waals surface area contributed by atoms with E-state index in [1.54, 1.807) is 24.5 Å². The van der Waals surface area contributed by atoms with Crippen molar-refractivity contribution in [2.45, 2.75) is 32.2 Å². The summed E-state index contributed by atoms with van der Waals surface area (Å²) in [6.45, 7) is 7.41. The van der Waals surface area contributed by atoms with E-state index in [-0.39, 0.29) is 11.4 Å². The van der Waals surface area contributed by atoms with Crippen LogP contribution in [0.25, 0.3) is 17.5 Å². The predicted molar refractivity (Wildman–Crippen MR) is 125 cm³/mol. The Balaban J connectivity index is 1.79. The lowest BCUT2D eigenvalue weighted by molar-refractivity contribution is 0.204. The van der Waals surface area contributed by atoms with Crippen molar-refractivity contribution in [1.82, 2.24) is 24.2 Å². The van der Waals surface area contributed by atoms with Gasteiger partial charge in [-0.25, -0.2) is 28.1 Å². The van der Waals surface area contributed by atoms with Gasteiger partial charge < -0.3 is 14.6 Å². The predicted octanol–water partition coefficient (Wildman–Crippen LogP) is 3.45. The number of allylic oxidation sites excluding steroid dienone is 1. The number of sulfonamides is 1. The Morgan fingerprint density at radius 1 is 1.16 bits per heavy atom. The molecule has 9 nitrogen and oxygen atoms in total. The highest BCUT2D eigenvalue weighted by Crippen LogP contribution is 2.22. The molecule has 0 unspecified atom stereocenters. The van der Waals surface area contributed by atoms with Crippen LogP contribution in [0.1, 0.15) is 26.6 Å². The van der Waals surface area contributed by atoms with Crippen molar-refractivity contribution in [3.8, 4) is 11.4 Å². The maximum Gasteiger partial charge on any atom is 0.240 e. The fourth-order valence-electron chi connectivity index (χ4n) is 3.07. The summed E-state index contributed by atoms with van der Waals surface area (Å²) in [7, 11) is -2.06. The molecule has 0 radical (unpaired) electrons. The fraction of sp³-hybridized carbons (Fsp3) is 0.318. The second kappa shape index (κ2) is 10.5. The van der Waals surface area contributed by atoms with Gasteiger partial charge in [0.05, 0.1) is 29.1 Å². The van der Waals surface area contributed by atoms with Gasteiger partial charge >= 0.3 is 0 Å². The van der Waals surface area contributed by atoms with Crippen molar-refractivity contribution < 1.29 is 13.2 Å². The van der Waals surface area contributed by atoms with Crippen molar-refractivity contribution in [1.29, 1.82) is 0 Å². The number of ether oxygens (including phenoxy) is 1. The molecule has 0 amide bonds. The Morgan fingerprint density at radius 2 is 1.91 bits per heavy atom. The van der Waals surface area contributed by atoms with Crippen LogP contribution in [-0.4, -0.2) is 48.2 Å². The van der Waals surface area contributed by atoms with E-state index in [4.69, 9.17) is 4.74 Å². The summed E-state index contributed by atoms with van der Waals surface area (Å²) >= 11 is 0. The molecule has 0 fully saturated rings. The summed E-state index contributed by atoms with van der Waals surface area (Å²) in [6, 6.07) is 8.23. The number of aromatic nitrogens is 4. The van der Waals surface area contributed by atoms with Crippen LogP contribution in [-0.2, 0) is 21.3 Å². The molecular weight excluding hydrogens is 428 g/mol. The average Bonchev–Trinajstić information content (AvgIpc) is 3.16. The molecule has 0 saturated heterocycles. The van der Waals surface area contributed by atoms with Gasteiger partial charge in [-0.05, 0) is 57.2 Å². The van der Waals surface area contributed by atoms with Gasteiger partial charge in [0.25, 0.3) is 0 Å². The third-order valence-corrected chi connectivity index (χ3v) is 6.03. The Labute approximate surface area is 188 Å². The Bertz CT molecular complexity index is 1180. The quantitative estimate of drug-likeness (QED) is 0.450. The van der Waals surface area contributed by atoms with Crippen LogP contribution in [0.4, 0.5) is 11.6 Å². The van der Waals surface area contributed by atoms with Crippen LogP contribution >= 0.6 is 0 Å². The van der Waals surface area contributed by atoms with Gasteiger partial charge in [0.1, 0.15) is 5.82 Å². The summed E-state index contributed by atoms with van der Waals surface area (Å²) in [4.78, 5) is 13.6. The molecule has 0 aliphatic carbocycles. The number of hydrogen-bond donors (Lipinski definition) is 2. The zero-order valence-electron chi connectivity index (χ0n) is 18.7. The summed E-state index contributed by atoms with van der Waals surface area (Å²) in [5, 5.41) is 3.12. The van der Waals surface area contributed by atoms with Crippen molar-refractivity contribution in [3.05, 3.63) is 54.1 Å². The number of methoxy groups -OCH3 is 1. The van der Waals surface area contributed by atoms with Crippen LogP contribution in [0.5, 0.6) is 0 Å². The third kappa shape index (κ3) is 5.78. The molecular formula is C22H28N6O3S. The smallest absolute Gasteiger partial charge is 0.240 e. The summed E-state index contributed by atoms with van der Waals surface area (Å²) in [6.07, 6.45) is 5.52. The third-order valence-electron chi connectivity index (χ3n) is 4.56. The maximum absolute atomic E-state index is 12.3. The number of nitrogens with one attached hydrogen (secondary N) is 2. The van der Waals surface area contributed by atoms with Gasteiger partial charge in [-0.15, -0.1) is 0 Å². The molecule has 0 spiro atoms. The van der Waals surface area contributed by atoms with Gasteiger partial charge in [0, 0.05) is 32.1 Å². The van der Waals surface area contributed by atoms with Crippen LogP contribution in [0.3, 0.4) is 0 Å². The first-order valence-corrected chi connectivity index (χ1v) is 11.7. The number of nitrogens with zero attached hydrogens (tertiary/aromatic N) is 4. The van der Waals surface area contributed by atoms with Gasteiger partial charge in [-0.2, -0.15) is 0 Å². The van der Waals surface area contributed by atoms with E-state index >= 15 is 0 Å². The van der Waals surface area contributed by atoms with E-state index in [1.165, 1.54) is 24.8 Å². The summed E-state index contributed by atoms with van der Waals surface area (Å²) < 4.78 is 34.0. The average molecular weight is 457 g/mol. The topological polar surface area (TPSA) is 111 Å². The highest BCUT2D eigenvalue weighted by Gasteiger charge is 2.14. The molecule has 0 saturated carbocycles.